The SMILES string of the molecule is Cl.Cl.Clc1cn[nH]c1Cl. The van der Waals surface area contributed by atoms with E-state index < -0.39 is 0 Å². The van der Waals surface area contributed by atoms with Crippen molar-refractivity contribution in [2.45, 2.75) is 0 Å². The van der Waals surface area contributed by atoms with Crippen LogP contribution in [0.2, 0.25) is 10.2 Å². The van der Waals surface area contributed by atoms with Crippen molar-refractivity contribution >= 4 is 48.0 Å². The average molecular weight is 210 g/mol. The Kier molecular flexibility index (Phi) is 6.95. The summed E-state index contributed by atoms with van der Waals surface area (Å²) in [7, 11) is 0. The van der Waals surface area contributed by atoms with Crippen molar-refractivity contribution in [3.63, 3.8) is 0 Å². The van der Waals surface area contributed by atoms with Gasteiger partial charge in [0.1, 0.15) is 5.15 Å². The molecule has 0 bridgehead atoms. The second kappa shape index (κ2) is 5.18. The van der Waals surface area contributed by atoms with Crippen LogP contribution in [0.15, 0.2) is 6.20 Å². The quantitative estimate of drug-likeness (QED) is 0.700. The molecule has 1 rings (SSSR count). The normalized spacial score (nSPS) is 7.33. The molecule has 0 saturated carbocycles. The Balaban J connectivity index is 0. The molecule has 54 valence electrons. The van der Waals surface area contributed by atoms with Crippen LogP contribution in [0.3, 0.4) is 0 Å². The third-order valence-corrected chi connectivity index (χ3v) is 1.22. The van der Waals surface area contributed by atoms with Crippen LogP contribution in [0.25, 0.3) is 0 Å². The summed E-state index contributed by atoms with van der Waals surface area (Å²) >= 11 is 10.8. The number of aromatic nitrogens is 2. The molecule has 0 fully saturated rings. The Morgan fingerprint density at radius 1 is 1.33 bits per heavy atom. The Bertz CT molecular complexity index is 146. The smallest absolute Gasteiger partial charge is 0.143 e. The zero-order valence-corrected chi connectivity index (χ0v) is 7.24. The first kappa shape index (κ1) is 12.1. The molecule has 1 heterocycles. The van der Waals surface area contributed by atoms with Gasteiger partial charge >= 0.3 is 0 Å². The summed E-state index contributed by atoms with van der Waals surface area (Å²) in [6.07, 6.45) is 1.45. The standard InChI is InChI=1S/C3H2Cl2N2.2ClH/c4-2-1-6-7-3(2)5;;/h1H,(H,6,7);2*1H. The molecule has 0 atom stereocenters. The lowest BCUT2D eigenvalue weighted by Crippen LogP contribution is -1.59. The number of aromatic amines is 1. The highest BCUT2D eigenvalue weighted by molar-refractivity contribution is 6.41. The lowest BCUT2D eigenvalue weighted by atomic mass is 10.7. The monoisotopic (exact) mass is 208 g/mol. The van der Waals surface area contributed by atoms with Crippen LogP contribution in [0.4, 0.5) is 0 Å². The van der Waals surface area contributed by atoms with E-state index in [0.29, 0.717) is 10.2 Å². The summed E-state index contributed by atoms with van der Waals surface area (Å²) in [6.45, 7) is 0. The lowest BCUT2D eigenvalue weighted by molar-refractivity contribution is 1.09. The van der Waals surface area contributed by atoms with Crippen LogP contribution in [0, 0.1) is 0 Å². The highest BCUT2D eigenvalue weighted by Gasteiger charge is 1.93. The maximum absolute atomic E-state index is 5.40. The first-order valence-corrected chi connectivity index (χ1v) is 2.40. The summed E-state index contributed by atoms with van der Waals surface area (Å²) in [4.78, 5) is 0. The van der Waals surface area contributed by atoms with E-state index in [9.17, 15) is 0 Å². The first-order chi connectivity index (χ1) is 3.30. The van der Waals surface area contributed by atoms with Gasteiger partial charge in [0, 0.05) is 0 Å². The molecule has 9 heavy (non-hydrogen) atoms. The topological polar surface area (TPSA) is 28.7 Å². The number of nitrogens with zero attached hydrogens (tertiary/aromatic N) is 1. The van der Waals surface area contributed by atoms with E-state index in [-0.39, 0.29) is 24.8 Å². The maximum Gasteiger partial charge on any atom is 0.143 e. The largest absolute Gasteiger partial charge is 0.266 e. The van der Waals surface area contributed by atoms with Crippen molar-refractivity contribution in [1.29, 1.82) is 0 Å². The molecule has 0 aliphatic heterocycles. The minimum absolute atomic E-state index is 0. The van der Waals surface area contributed by atoms with Crippen LogP contribution < -0.4 is 0 Å². The fourth-order valence-corrected chi connectivity index (χ4v) is 0.444. The van der Waals surface area contributed by atoms with E-state index in [4.69, 9.17) is 23.2 Å². The number of nitrogens with one attached hydrogen (secondary N) is 1. The number of rotatable bonds is 0. The van der Waals surface area contributed by atoms with Crippen LogP contribution in [0.5, 0.6) is 0 Å². The van der Waals surface area contributed by atoms with Crippen molar-refractivity contribution < 1.29 is 0 Å². The van der Waals surface area contributed by atoms with Gasteiger partial charge in [-0.25, -0.2) is 0 Å². The van der Waals surface area contributed by atoms with Gasteiger partial charge in [0.2, 0.25) is 0 Å². The zero-order valence-electron chi connectivity index (χ0n) is 4.10. The molecule has 0 spiro atoms. The molecule has 0 aromatic carbocycles. The second-order valence-corrected chi connectivity index (χ2v) is 1.82. The van der Waals surface area contributed by atoms with Crippen LogP contribution >= 0.6 is 48.0 Å². The van der Waals surface area contributed by atoms with Crippen molar-refractivity contribution in [2.24, 2.45) is 0 Å². The van der Waals surface area contributed by atoms with E-state index in [1.54, 1.807) is 0 Å². The number of hydrogen-bond acceptors (Lipinski definition) is 1. The van der Waals surface area contributed by atoms with E-state index in [2.05, 4.69) is 10.2 Å². The third-order valence-electron chi connectivity index (χ3n) is 0.550. The molecule has 2 nitrogen and oxygen atoms in total. The van der Waals surface area contributed by atoms with Gasteiger partial charge in [0.25, 0.3) is 0 Å². The Hall–Kier alpha value is 0.370. The van der Waals surface area contributed by atoms with Gasteiger partial charge in [-0.3, -0.25) is 5.10 Å². The van der Waals surface area contributed by atoms with Gasteiger partial charge in [0.15, 0.2) is 0 Å². The summed E-state index contributed by atoms with van der Waals surface area (Å²) in [5.41, 5.74) is 0. The fraction of sp³-hybridized carbons (Fsp3) is 0. The van der Waals surface area contributed by atoms with Crippen molar-refractivity contribution in [3.8, 4) is 0 Å². The number of H-pyrrole nitrogens is 1. The molecule has 0 saturated heterocycles. The predicted octanol–water partition coefficient (Wildman–Crippen LogP) is 2.56. The molecule has 1 N–H and O–H groups in total. The zero-order chi connectivity index (χ0) is 5.28. The Morgan fingerprint density at radius 2 is 1.89 bits per heavy atom. The van der Waals surface area contributed by atoms with Gasteiger partial charge in [0.05, 0.1) is 11.2 Å². The second-order valence-electron chi connectivity index (χ2n) is 1.03. The molecule has 6 heteroatoms. The molecule has 0 aliphatic carbocycles. The summed E-state index contributed by atoms with van der Waals surface area (Å²) in [5, 5.41) is 6.83. The van der Waals surface area contributed by atoms with Gasteiger partial charge in [-0.1, -0.05) is 23.2 Å². The molecule has 1 aromatic rings. The van der Waals surface area contributed by atoms with Crippen molar-refractivity contribution in [1.82, 2.24) is 10.2 Å². The predicted molar refractivity (Wildman–Crippen MR) is 43.1 cm³/mol. The van der Waals surface area contributed by atoms with Crippen LogP contribution in [-0.4, -0.2) is 10.2 Å². The van der Waals surface area contributed by atoms with Crippen LogP contribution in [0.1, 0.15) is 0 Å². The number of halogens is 4. The Morgan fingerprint density at radius 3 is 2.00 bits per heavy atom. The van der Waals surface area contributed by atoms with E-state index in [1.807, 2.05) is 0 Å². The molecule has 1 aromatic heterocycles. The van der Waals surface area contributed by atoms with Crippen molar-refractivity contribution in [2.75, 3.05) is 0 Å². The van der Waals surface area contributed by atoms with Crippen LogP contribution in [-0.2, 0) is 0 Å². The van der Waals surface area contributed by atoms with Gasteiger partial charge in [-0.15, -0.1) is 24.8 Å². The molecule has 0 aliphatic rings. The van der Waals surface area contributed by atoms with E-state index in [1.165, 1.54) is 6.20 Å². The van der Waals surface area contributed by atoms with E-state index in [0.717, 1.165) is 0 Å². The van der Waals surface area contributed by atoms with Gasteiger partial charge in [-0.05, 0) is 0 Å². The maximum atomic E-state index is 5.40. The highest BCUT2D eigenvalue weighted by atomic mass is 35.5. The average Bonchev–Trinajstić information content (AvgIpc) is 1.91. The minimum Gasteiger partial charge on any atom is -0.266 e. The minimum atomic E-state index is 0. The van der Waals surface area contributed by atoms with E-state index >= 15 is 0 Å². The van der Waals surface area contributed by atoms with Gasteiger partial charge in [-0.2, -0.15) is 5.10 Å². The lowest BCUT2D eigenvalue weighted by Gasteiger charge is -1.72. The Labute approximate surface area is 74.7 Å². The summed E-state index contributed by atoms with van der Waals surface area (Å²) in [6, 6.07) is 0. The number of hydrogen-bond donors (Lipinski definition) is 1. The summed E-state index contributed by atoms with van der Waals surface area (Å²) < 4.78 is 0. The third kappa shape index (κ3) is 3.16. The summed E-state index contributed by atoms with van der Waals surface area (Å²) in [5.74, 6) is 0. The highest BCUT2D eigenvalue weighted by Crippen LogP contribution is 2.15. The first-order valence-electron chi connectivity index (χ1n) is 1.65. The molecule has 0 amide bonds. The molecule has 0 unspecified atom stereocenters. The molecular weight excluding hydrogens is 206 g/mol. The van der Waals surface area contributed by atoms with Gasteiger partial charge < -0.3 is 0 Å². The molecular formula is C3H4Cl4N2. The van der Waals surface area contributed by atoms with Crippen molar-refractivity contribution in [3.05, 3.63) is 16.4 Å². The fourth-order valence-electron chi connectivity index (χ4n) is 0.256. The molecule has 0 radical (unpaired) electrons.